The Morgan fingerprint density at radius 3 is 2.62 bits per heavy atom. The number of ether oxygens (including phenoxy) is 1. The lowest BCUT2D eigenvalue weighted by Crippen LogP contribution is -2.38. The molecule has 1 aromatic rings. The zero-order valence-electron chi connectivity index (χ0n) is 12.3. The molecule has 0 saturated heterocycles. The van der Waals surface area contributed by atoms with Crippen LogP contribution in [0.5, 0.6) is 5.75 Å². The van der Waals surface area contributed by atoms with E-state index in [2.05, 4.69) is 10.6 Å². The number of urea groups is 1. The molecule has 0 fully saturated rings. The lowest BCUT2D eigenvalue weighted by molar-refractivity contribution is -0.139. The zero-order chi connectivity index (χ0) is 15.9. The maximum atomic E-state index is 11.9. The number of rotatable bonds is 7. The molecular formula is C14H20N2O4S. The van der Waals surface area contributed by atoms with Crippen molar-refractivity contribution in [2.24, 2.45) is 0 Å². The molecule has 0 unspecified atom stereocenters. The second-order valence-electron chi connectivity index (χ2n) is 4.95. The van der Waals surface area contributed by atoms with Crippen LogP contribution < -0.4 is 15.4 Å². The van der Waals surface area contributed by atoms with Gasteiger partial charge in [0, 0.05) is 11.3 Å². The summed E-state index contributed by atoms with van der Waals surface area (Å²) in [7, 11) is 0. The average molecular weight is 312 g/mol. The third-order valence-electron chi connectivity index (χ3n) is 2.71. The molecule has 0 aliphatic heterocycles. The molecule has 0 radical (unpaired) electrons. The summed E-state index contributed by atoms with van der Waals surface area (Å²) in [5.41, 5.74) is 0.429. The molecule has 6 nitrogen and oxygen atoms in total. The smallest absolute Gasteiger partial charge is 0.341 e. The number of carbonyl (C=O) groups is 2. The highest BCUT2D eigenvalue weighted by molar-refractivity contribution is 7.99. The highest BCUT2D eigenvalue weighted by Crippen LogP contribution is 2.24. The molecule has 0 aliphatic rings. The number of carboxylic acid groups (broad SMARTS) is 1. The van der Waals surface area contributed by atoms with E-state index in [1.54, 1.807) is 36.0 Å². The molecule has 116 valence electrons. The summed E-state index contributed by atoms with van der Waals surface area (Å²) in [5.74, 6) is -0.754. The summed E-state index contributed by atoms with van der Waals surface area (Å²) in [6.07, 6.45) is 1.98. The molecule has 1 rings (SSSR count). The highest BCUT2D eigenvalue weighted by atomic mass is 32.2. The van der Waals surface area contributed by atoms with Gasteiger partial charge in [-0.1, -0.05) is 12.1 Å². The van der Waals surface area contributed by atoms with E-state index in [9.17, 15) is 9.59 Å². The molecule has 0 heterocycles. The molecule has 0 saturated carbocycles. The fourth-order valence-electron chi connectivity index (χ4n) is 1.37. The van der Waals surface area contributed by atoms with Crippen LogP contribution in [0.25, 0.3) is 0 Å². The van der Waals surface area contributed by atoms with Crippen LogP contribution in [0.3, 0.4) is 0 Å². The summed E-state index contributed by atoms with van der Waals surface area (Å²) < 4.78 is 5.06. The van der Waals surface area contributed by atoms with E-state index < -0.39 is 12.6 Å². The Kier molecular flexibility index (Phi) is 6.36. The minimum Gasteiger partial charge on any atom is -0.480 e. The molecule has 2 amide bonds. The fraction of sp³-hybridized carbons (Fsp3) is 0.429. The largest absolute Gasteiger partial charge is 0.480 e. The van der Waals surface area contributed by atoms with Crippen molar-refractivity contribution in [3.8, 4) is 5.75 Å². The van der Waals surface area contributed by atoms with Crippen LogP contribution in [0.15, 0.2) is 24.3 Å². The second kappa shape index (κ2) is 7.78. The molecule has 3 N–H and O–H groups in total. The van der Waals surface area contributed by atoms with Crippen LogP contribution in [0.4, 0.5) is 10.5 Å². The van der Waals surface area contributed by atoms with Crippen molar-refractivity contribution in [1.29, 1.82) is 0 Å². The topological polar surface area (TPSA) is 87.7 Å². The minimum atomic E-state index is -1.07. The van der Waals surface area contributed by atoms with Gasteiger partial charge < -0.3 is 20.5 Å². The van der Waals surface area contributed by atoms with Gasteiger partial charge in [-0.3, -0.25) is 0 Å². The monoisotopic (exact) mass is 312 g/mol. The Morgan fingerprint density at radius 1 is 1.33 bits per heavy atom. The molecule has 7 heteroatoms. The van der Waals surface area contributed by atoms with E-state index in [1.807, 2.05) is 20.1 Å². The highest BCUT2D eigenvalue weighted by Gasteiger charge is 2.17. The van der Waals surface area contributed by atoms with Gasteiger partial charge in [0.1, 0.15) is 5.75 Å². The normalized spacial score (nSPS) is 10.8. The average Bonchev–Trinajstić information content (AvgIpc) is 2.44. The van der Waals surface area contributed by atoms with Gasteiger partial charge in [0.15, 0.2) is 6.61 Å². The van der Waals surface area contributed by atoms with Crippen LogP contribution in [0.1, 0.15) is 13.8 Å². The number of thioether (sulfide) groups is 1. The molecule has 0 spiro atoms. The lowest BCUT2D eigenvalue weighted by atomic mass is 10.2. The van der Waals surface area contributed by atoms with Gasteiger partial charge >= 0.3 is 12.0 Å². The van der Waals surface area contributed by atoms with E-state index in [0.717, 1.165) is 0 Å². The first kappa shape index (κ1) is 17.2. The molecule has 0 atom stereocenters. The maximum Gasteiger partial charge on any atom is 0.341 e. The zero-order valence-corrected chi connectivity index (χ0v) is 13.1. The molecular weight excluding hydrogens is 292 g/mol. The fourth-order valence-corrected chi connectivity index (χ4v) is 1.58. The van der Waals surface area contributed by atoms with Crippen molar-refractivity contribution in [1.82, 2.24) is 5.32 Å². The third kappa shape index (κ3) is 6.40. The predicted octanol–water partition coefficient (Wildman–Crippen LogP) is 2.41. The van der Waals surface area contributed by atoms with Gasteiger partial charge in [-0.2, -0.15) is 11.8 Å². The van der Waals surface area contributed by atoms with Crippen LogP contribution in [0.2, 0.25) is 0 Å². The Balaban J connectivity index is 2.61. The molecule has 0 aliphatic carbocycles. The second-order valence-corrected chi connectivity index (χ2v) is 6.46. The Hall–Kier alpha value is -1.89. The molecule has 0 bridgehead atoms. The van der Waals surface area contributed by atoms with Crippen molar-refractivity contribution < 1.29 is 19.4 Å². The number of para-hydroxylation sites is 2. The summed E-state index contributed by atoms with van der Waals surface area (Å²) in [6.45, 7) is 4.11. The van der Waals surface area contributed by atoms with Crippen molar-refractivity contribution in [3.63, 3.8) is 0 Å². The number of carboxylic acids is 1. The van der Waals surface area contributed by atoms with Crippen LogP contribution >= 0.6 is 11.8 Å². The van der Waals surface area contributed by atoms with Crippen LogP contribution in [-0.2, 0) is 4.79 Å². The standard InChI is InChI=1S/C14H20N2O4S/c1-14(2,21-3)9-15-13(19)16-10-6-4-5-7-11(10)20-8-12(17)18/h4-7H,8-9H2,1-3H3,(H,17,18)(H2,15,16,19). The Labute approximate surface area is 128 Å². The van der Waals surface area contributed by atoms with Crippen molar-refractivity contribution in [3.05, 3.63) is 24.3 Å². The third-order valence-corrected chi connectivity index (χ3v) is 3.96. The number of anilines is 1. The lowest BCUT2D eigenvalue weighted by Gasteiger charge is -2.22. The first-order chi connectivity index (χ1) is 9.84. The first-order valence-corrected chi connectivity index (χ1v) is 7.60. The van der Waals surface area contributed by atoms with E-state index in [-0.39, 0.29) is 10.8 Å². The Bertz CT molecular complexity index is 506. The van der Waals surface area contributed by atoms with E-state index in [0.29, 0.717) is 18.0 Å². The van der Waals surface area contributed by atoms with Crippen molar-refractivity contribution in [2.45, 2.75) is 18.6 Å². The predicted molar refractivity (Wildman–Crippen MR) is 84.2 cm³/mol. The van der Waals surface area contributed by atoms with Gasteiger partial charge in [-0.15, -0.1) is 0 Å². The molecule has 21 heavy (non-hydrogen) atoms. The van der Waals surface area contributed by atoms with Crippen molar-refractivity contribution >= 4 is 29.4 Å². The number of benzene rings is 1. The summed E-state index contributed by atoms with van der Waals surface area (Å²) in [6, 6.07) is 6.33. The summed E-state index contributed by atoms with van der Waals surface area (Å²) >= 11 is 1.66. The van der Waals surface area contributed by atoms with Gasteiger partial charge in [0.05, 0.1) is 5.69 Å². The van der Waals surface area contributed by atoms with Gasteiger partial charge in [0.2, 0.25) is 0 Å². The number of carbonyl (C=O) groups excluding carboxylic acids is 1. The van der Waals surface area contributed by atoms with Crippen LogP contribution in [-0.4, -0.2) is 41.3 Å². The first-order valence-electron chi connectivity index (χ1n) is 6.38. The maximum absolute atomic E-state index is 11.9. The summed E-state index contributed by atoms with van der Waals surface area (Å²) in [4.78, 5) is 22.4. The number of amides is 2. The summed E-state index contributed by atoms with van der Waals surface area (Å²) in [5, 5.41) is 14.0. The van der Waals surface area contributed by atoms with Gasteiger partial charge in [-0.05, 0) is 32.2 Å². The number of hydrogen-bond acceptors (Lipinski definition) is 4. The minimum absolute atomic E-state index is 0.0589. The van der Waals surface area contributed by atoms with Gasteiger partial charge in [0.25, 0.3) is 0 Å². The van der Waals surface area contributed by atoms with Crippen molar-refractivity contribution in [2.75, 3.05) is 24.7 Å². The SMILES string of the molecule is CSC(C)(C)CNC(=O)Nc1ccccc1OCC(=O)O. The number of hydrogen-bond donors (Lipinski definition) is 3. The van der Waals surface area contributed by atoms with Gasteiger partial charge in [-0.25, -0.2) is 9.59 Å². The van der Waals surface area contributed by atoms with E-state index >= 15 is 0 Å². The molecule has 1 aromatic carbocycles. The molecule has 0 aromatic heterocycles. The van der Waals surface area contributed by atoms with E-state index in [1.165, 1.54) is 0 Å². The number of nitrogens with one attached hydrogen (secondary N) is 2. The Morgan fingerprint density at radius 2 is 2.00 bits per heavy atom. The number of aliphatic carboxylic acids is 1. The van der Waals surface area contributed by atoms with E-state index in [4.69, 9.17) is 9.84 Å². The van der Waals surface area contributed by atoms with Crippen LogP contribution in [0, 0.1) is 0 Å². The quantitative estimate of drug-likeness (QED) is 0.719.